The van der Waals surface area contributed by atoms with Crippen LogP contribution in [0.1, 0.15) is 62.8 Å². The number of benzene rings is 2. The van der Waals surface area contributed by atoms with Crippen LogP contribution in [0.5, 0.6) is 0 Å². The van der Waals surface area contributed by atoms with E-state index in [1.807, 2.05) is 19.3 Å². The number of halogens is 3. The molecule has 2 N–H and O–H groups in total. The number of nitrogens with zero attached hydrogens (tertiary/aromatic N) is 1. The number of quaternary nitrogens is 1. The molecule has 0 aromatic heterocycles. The van der Waals surface area contributed by atoms with Crippen LogP contribution in [-0.4, -0.2) is 20.1 Å². The van der Waals surface area contributed by atoms with Gasteiger partial charge in [0.15, 0.2) is 0 Å². The van der Waals surface area contributed by atoms with E-state index >= 15 is 0 Å². The van der Waals surface area contributed by atoms with Gasteiger partial charge in [-0.25, -0.2) is 0 Å². The van der Waals surface area contributed by atoms with Crippen molar-refractivity contribution in [3.8, 4) is 0 Å². The average molecular weight is 434 g/mol. The summed E-state index contributed by atoms with van der Waals surface area (Å²) in [6.45, 7) is 12.4. The molecule has 0 heterocycles. The van der Waals surface area contributed by atoms with E-state index in [2.05, 4.69) is 62.9 Å². The molecule has 0 saturated heterocycles. The predicted molar refractivity (Wildman–Crippen MR) is 125 cm³/mol. The van der Waals surface area contributed by atoms with E-state index in [1.165, 1.54) is 23.4 Å². The quantitative estimate of drug-likeness (QED) is 0.450. The first kappa shape index (κ1) is 25.0. The summed E-state index contributed by atoms with van der Waals surface area (Å²) in [4.78, 5) is 2.31. The first-order valence-corrected chi connectivity index (χ1v) is 11.1. The van der Waals surface area contributed by atoms with E-state index in [9.17, 15) is 13.2 Å². The van der Waals surface area contributed by atoms with Crippen LogP contribution in [0.2, 0.25) is 0 Å². The van der Waals surface area contributed by atoms with Gasteiger partial charge in [-0.05, 0) is 75.1 Å². The zero-order valence-corrected chi connectivity index (χ0v) is 19.6. The van der Waals surface area contributed by atoms with E-state index < -0.39 is 11.7 Å². The molecule has 2 rings (SSSR count). The van der Waals surface area contributed by atoms with Gasteiger partial charge in [-0.3, -0.25) is 0 Å². The van der Waals surface area contributed by atoms with Crippen LogP contribution in [-0.2, 0) is 11.6 Å². The number of hydrogen-bond acceptors (Lipinski definition) is 1. The molecule has 2 nitrogen and oxygen atoms in total. The Morgan fingerprint density at radius 1 is 1.00 bits per heavy atom. The van der Waals surface area contributed by atoms with Gasteiger partial charge in [-0.1, -0.05) is 32.1 Å². The second-order valence-corrected chi connectivity index (χ2v) is 8.32. The SMILES string of the molecule is CCN(CC)c1ccc(/C=C/CC(C)(CC)c2cc(C(F)(F)F)ccc2[NH2+]C)c(C)c1. The number of rotatable bonds is 9. The fourth-order valence-corrected chi connectivity index (χ4v) is 4.03. The summed E-state index contributed by atoms with van der Waals surface area (Å²) in [6, 6.07) is 10.5. The number of anilines is 1. The molecule has 2 aromatic rings. The molecule has 170 valence electrons. The van der Waals surface area contributed by atoms with Crippen molar-refractivity contribution >= 4 is 17.5 Å². The van der Waals surface area contributed by atoms with E-state index in [0.717, 1.165) is 36.3 Å². The summed E-state index contributed by atoms with van der Waals surface area (Å²) in [6.07, 6.45) is 1.28. The Hall–Kier alpha value is -2.27. The Morgan fingerprint density at radius 3 is 2.19 bits per heavy atom. The Bertz CT molecular complexity index is 898. The molecule has 0 amide bonds. The minimum absolute atomic E-state index is 0.380. The van der Waals surface area contributed by atoms with Crippen LogP contribution >= 0.6 is 0 Å². The van der Waals surface area contributed by atoms with Crippen LogP contribution in [0.25, 0.3) is 6.08 Å². The predicted octanol–water partition coefficient (Wildman–Crippen LogP) is 6.46. The monoisotopic (exact) mass is 433 g/mol. The third-order valence-electron chi connectivity index (χ3n) is 6.37. The Balaban J connectivity index is 2.31. The first-order chi connectivity index (χ1) is 14.6. The second-order valence-electron chi connectivity index (χ2n) is 8.32. The zero-order chi connectivity index (χ0) is 23.2. The Kier molecular flexibility index (Phi) is 8.35. The normalized spacial score (nSPS) is 14.1. The highest BCUT2D eigenvalue weighted by Gasteiger charge is 2.35. The molecule has 0 aliphatic rings. The Labute approximate surface area is 185 Å². The molecule has 0 aliphatic heterocycles. The topological polar surface area (TPSA) is 19.9 Å². The fraction of sp³-hybridized carbons (Fsp3) is 0.462. The number of aryl methyl sites for hydroxylation is 1. The van der Waals surface area contributed by atoms with Crippen molar-refractivity contribution in [3.05, 3.63) is 64.7 Å². The smallest absolute Gasteiger partial charge is 0.372 e. The molecular formula is C26H36F3N2+. The minimum atomic E-state index is -4.34. The molecule has 31 heavy (non-hydrogen) atoms. The molecule has 0 spiro atoms. The number of allylic oxidation sites excluding steroid dienone is 1. The van der Waals surface area contributed by atoms with Crippen LogP contribution in [0, 0.1) is 6.92 Å². The molecule has 2 aromatic carbocycles. The molecule has 0 fully saturated rings. The van der Waals surface area contributed by atoms with Gasteiger partial charge in [0.25, 0.3) is 0 Å². The first-order valence-electron chi connectivity index (χ1n) is 11.1. The van der Waals surface area contributed by atoms with Gasteiger partial charge in [-0.2, -0.15) is 13.2 Å². The average Bonchev–Trinajstić information content (AvgIpc) is 2.74. The van der Waals surface area contributed by atoms with Gasteiger partial charge >= 0.3 is 6.18 Å². The summed E-state index contributed by atoms with van der Waals surface area (Å²) in [7, 11) is 1.87. The van der Waals surface area contributed by atoms with E-state index in [0.29, 0.717) is 6.42 Å². The molecule has 0 saturated carbocycles. The van der Waals surface area contributed by atoms with E-state index in [-0.39, 0.29) is 5.41 Å². The van der Waals surface area contributed by atoms with Gasteiger partial charge in [0.2, 0.25) is 0 Å². The van der Waals surface area contributed by atoms with Gasteiger partial charge in [0, 0.05) is 29.8 Å². The van der Waals surface area contributed by atoms with Crippen molar-refractivity contribution in [2.24, 2.45) is 0 Å². The molecule has 5 heteroatoms. The number of alkyl halides is 3. The third kappa shape index (κ3) is 5.91. The van der Waals surface area contributed by atoms with Gasteiger partial charge in [-0.15, -0.1) is 0 Å². The zero-order valence-electron chi connectivity index (χ0n) is 19.6. The molecular weight excluding hydrogens is 397 g/mol. The Morgan fingerprint density at radius 2 is 1.68 bits per heavy atom. The molecule has 1 atom stereocenters. The van der Waals surface area contributed by atoms with Crippen molar-refractivity contribution < 1.29 is 18.5 Å². The third-order valence-corrected chi connectivity index (χ3v) is 6.37. The highest BCUT2D eigenvalue weighted by molar-refractivity contribution is 5.60. The largest absolute Gasteiger partial charge is 0.416 e. The van der Waals surface area contributed by atoms with Crippen LogP contribution in [0.4, 0.5) is 24.5 Å². The number of hydrogen-bond donors (Lipinski definition) is 1. The molecule has 0 bridgehead atoms. The van der Waals surface area contributed by atoms with Crippen molar-refractivity contribution in [2.75, 3.05) is 25.0 Å². The standard InChI is InChI=1S/C26H35F3N2/c1-7-25(5,23-18-21(26(27,28)29)13-15-24(23)30-6)16-10-11-20-12-14-22(17-19(20)4)31(8-2)9-3/h10-15,17-18,30H,7-9,16H2,1-6H3/p+1/b11-10+. The second kappa shape index (κ2) is 10.4. The summed E-state index contributed by atoms with van der Waals surface area (Å²) in [5.74, 6) is 0. The maximum atomic E-state index is 13.3. The van der Waals surface area contributed by atoms with Crippen molar-refractivity contribution in [2.45, 2.75) is 59.1 Å². The van der Waals surface area contributed by atoms with Crippen LogP contribution in [0.3, 0.4) is 0 Å². The molecule has 0 radical (unpaired) electrons. The number of nitrogens with two attached hydrogens (primary N) is 1. The van der Waals surface area contributed by atoms with Gasteiger partial charge < -0.3 is 10.2 Å². The fourth-order valence-electron chi connectivity index (χ4n) is 4.03. The lowest BCUT2D eigenvalue weighted by Gasteiger charge is -2.29. The lowest BCUT2D eigenvalue weighted by Crippen LogP contribution is -2.73. The van der Waals surface area contributed by atoms with E-state index in [1.54, 1.807) is 6.07 Å². The maximum Gasteiger partial charge on any atom is 0.416 e. The summed E-state index contributed by atoms with van der Waals surface area (Å²) in [5, 5.41) is 1.89. The van der Waals surface area contributed by atoms with Gasteiger partial charge in [0.1, 0.15) is 5.69 Å². The highest BCUT2D eigenvalue weighted by atomic mass is 19.4. The summed E-state index contributed by atoms with van der Waals surface area (Å²) >= 11 is 0. The van der Waals surface area contributed by atoms with Crippen LogP contribution < -0.4 is 10.2 Å². The lowest BCUT2D eigenvalue weighted by atomic mass is 9.75. The van der Waals surface area contributed by atoms with E-state index in [4.69, 9.17) is 0 Å². The molecule has 0 aliphatic carbocycles. The summed E-state index contributed by atoms with van der Waals surface area (Å²) < 4.78 is 40.0. The lowest BCUT2D eigenvalue weighted by molar-refractivity contribution is -0.540. The van der Waals surface area contributed by atoms with Crippen molar-refractivity contribution in [1.29, 1.82) is 0 Å². The maximum absolute atomic E-state index is 13.3. The minimum Gasteiger partial charge on any atom is -0.372 e. The summed E-state index contributed by atoms with van der Waals surface area (Å²) in [5.41, 5.74) is 4.20. The molecule has 1 unspecified atom stereocenters. The van der Waals surface area contributed by atoms with Gasteiger partial charge in [0.05, 0.1) is 12.6 Å². The van der Waals surface area contributed by atoms with Crippen molar-refractivity contribution in [3.63, 3.8) is 0 Å². The van der Waals surface area contributed by atoms with Crippen LogP contribution in [0.15, 0.2) is 42.5 Å². The van der Waals surface area contributed by atoms with Crippen molar-refractivity contribution in [1.82, 2.24) is 0 Å². The highest BCUT2D eigenvalue weighted by Crippen LogP contribution is 2.39.